The normalized spacial score (nSPS) is 17.1. The van der Waals surface area contributed by atoms with Gasteiger partial charge in [-0.15, -0.1) is 0 Å². The summed E-state index contributed by atoms with van der Waals surface area (Å²) in [5.41, 5.74) is 1.00. The van der Waals surface area contributed by atoms with Crippen LogP contribution < -0.4 is 0 Å². The van der Waals surface area contributed by atoms with Crippen molar-refractivity contribution in [3.63, 3.8) is 0 Å². The van der Waals surface area contributed by atoms with Gasteiger partial charge in [-0.2, -0.15) is 0 Å². The van der Waals surface area contributed by atoms with E-state index in [0.29, 0.717) is 36.0 Å². The van der Waals surface area contributed by atoms with E-state index in [4.69, 9.17) is 27.8 Å². The first-order chi connectivity index (χ1) is 16.3. The first-order valence-electron chi connectivity index (χ1n) is 11.6. The van der Waals surface area contributed by atoms with Crippen LogP contribution in [-0.4, -0.2) is 36.8 Å². The Morgan fingerprint density at radius 1 is 0.600 bits per heavy atom. The van der Waals surface area contributed by atoms with Gasteiger partial charge in [-0.05, 0) is 60.8 Å². The van der Waals surface area contributed by atoms with E-state index in [1.54, 1.807) is 39.0 Å². The second-order valence-electron chi connectivity index (χ2n) is 7.57. The van der Waals surface area contributed by atoms with E-state index in [-0.39, 0.29) is 0 Å². The van der Waals surface area contributed by atoms with Gasteiger partial charge in [0.1, 0.15) is 0 Å². The van der Waals surface area contributed by atoms with Crippen molar-refractivity contribution >= 4 is 25.7 Å². The average molecular weight is 519 g/mol. The molecule has 10 nitrogen and oxygen atoms in total. The topological polar surface area (TPSA) is 124 Å². The minimum absolute atomic E-state index is 0.334. The van der Waals surface area contributed by atoms with Crippen molar-refractivity contribution < 1.29 is 46.7 Å². The van der Waals surface area contributed by atoms with Crippen LogP contribution in [0.25, 0.3) is 0 Å². The lowest BCUT2D eigenvalue weighted by molar-refractivity contribution is -0.174. The molecule has 0 amide bonds. The number of allylic oxidation sites excluding steroid dienone is 3. The van der Waals surface area contributed by atoms with Crippen LogP contribution in [0.15, 0.2) is 34.9 Å². The summed E-state index contributed by atoms with van der Waals surface area (Å²) in [5, 5.41) is 0. The lowest BCUT2D eigenvalue weighted by Gasteiger charge is -2.26. The fourth-order valence-corrected chi connectivity index (χ4v) is 3.95. The predicted octanol–water partition coefficient (Wildman–Crippen LogP) is 5.88. The summed E-state index contributed by atoms with van der Waals surface area (Å²) in [6.45, 7) is 14.2. The first-order valence-corrected chi connectivity index (χ1v) is 13.0. The Labute approximate surface area is 208 Å². The van der Waals surface area contributed by atoms with E-state index in [1.807, 2.05) is 20.8 Å². The molecule has 0 aromatic rings. The molecule has 3 unspecified atom stereocenters. The van der Waals surface area contributed by atoms with Crippen molar-refractivity contribution in [2.75, 3.05) is 0 Å². The molecule has 0 spiro atoms. The number of ether oxygens (including phenoxy) is 3. The van der Waals surface area contributed by atoms with E-state index in [1.165, 1.54) is 20.8 Å². The predicted molar refractivity (Wildman–Crippen MR) is 130 cm³/mol. The van der Waals surface area contributed by atoms with Crippen LogP contribution in [0.3, 0.4) is 0 Å². The summed E-state index contributed by atoms with van der Waals surface area (Å²) >= 11 is 0. The molecule has 200 valence electrons. The van der Waals surface area contributed by atoms with Crippen molar-refractivity contribution in [2.45, 2.75) is 100 Å². The largest absolute Gasteiger partial charge is 0.484 e. The van der Waals surface area contributed by atoms with Gasteiger partial charge in [0.15, 0.2) is 0 Å². The third kappa shape index (κ3) is 13.4. The van der Waals surface area contributed by atoms with E-state index < -0.39 is 44.6 Å². The Hall–Kier alpha value is -2.26. The Morgan fingerprint density at radius 2 is 0.829 bits per heavy atom. The van der Waals surface area contributed by atoms with Crippen LogP contribution in [-0.2, 0) is 46.7 Å². The maximum Gasteiger partial charge on any atom is 0.484 e. The summed E-state index contributed by atoms with van der Waals surface area (Å²) in [7, 11) is -4.58. The van der Waals surface area contributed by atoms with Crippen molar-refractivity contribution in [2.24, 2.45) is 0 Å². The van der Waals surface area contributed by atoms with Gasteiger partial charge in [0, 0.05) is 16.7 Å². The monoisotopic (exact) mass is 518 g/mol. The van der Waals surface area contributed by atoms with Crippen LogP contribution in [0.1, 0.15) is 81.6 Å². The maximum absolute atomic E-state index is 13.4. The summed E-state index contributed by atoms with van der Waals surface area (Å²) in [6, 6.07) is 0. The standard InChI is InChI=1S/C24H39O10P/c1-10-13-16(4)22(25)29-19(7)32-35(28,33-20(8)30-23(26)17(5)14-11-2)34-21(9)31-24(27)18(6)15-12-3/h13-15,19-21H,10-12H2,1-9H3/b16-13+,17-14+,18-15+. The summed E-state index contributed by atoms with van der Waals surface area (Å²) in [4.78, 5) is 36.4. The number of carbonyl (C=O) groups is 3. The highest BCUT2D eigenvalue weighted by atomic mass is 31.2. The van der Waals surface area contributed by atoms with Crippen LogP contribution in [0.5, 0.6) is 0 Å². The highest BCUT2D eigenvalue weighted by Gasteiger charge is 2.37. The van der Waals surface area contributed by atoms with Crippen LogP contribution >= 0.6 is 7.82 Å². The number of phosphoric acid groups is 1. The molecule has 0 saturated carbocycles. The van der Waals surface area contributed by atoms with E-state index in [9.17, 15) is 18.9 Å². The molecule has 0 bridgehead atoms. The van der Waals surface area contributed by atoms with Gasteiger partial charge in [0.2, 0.25) is 18.9 Å². The molecule has 0 N–H and O–H groups in total. The highest BCUT2D eigenvalue weighted by molar-refractivity contribution is 7.48. The number of rotatable bonds is 15. The zero-order valence-electron chi connectivity index (χ0n) is 22.1. The number of hydrogen-bond acceptors (Lipinski definition) is 10. The highest BCUT2D eigenvalue weighted by Crippen LogP contribution is 2.53. The third-order valence-electron chi connectivity index (χ3n) is 4.15. The molecular weight excluding hydrogens is 479 g/mol. The Bertz CT molecular complexity index is 749. The average Bonchev–Trinajstić information content (AvgIpc) is 2.73. The number of phosphoric ester groups is 1. The second-order valence-corrected chi connectivity index (χ2v) is 9.10. The van der Waals surface area contributed by atoms with E-state index in [2.05, 4.69) is 0 Å². The van der Waals surface area contributed by atoms with Gasteiger partial charge in [0.25, 0.3) is 0 Å². The molecule has 3 atom stereocenters. The van der Waals surface area contributed by atoms with Crippen LogP contribution in [0.4, 0.5) is 0 Å². The molecule has 0 aliphatic rings. The maximum atomic E-state index is 13.4. The lowest BCUT2D eigenvalue weighted by atomic mass is 10.2. The van der Waals surface area contributed by atoms with Crippen molar-refractivity contribution in [1.82, 2.24) is 0 Å². The van der Waals surface area contributed by atoms with Gasteiger partial charge in [-0.3, -0.25) is 0 Å². The molecule has 0 radical (unpaired) electrons. The zero-order chi connectivity index (χ0) is 27.2. The summed E-state index contributed by atoms with van der Waals surface area (Å²) < 4.78 is 44.6. The minimum atomic E-state index is -4.58. The molecule has 11 heteroatoms. The molecule has 0 heterocycles. The van der Waals surface area contributed by atoms with Crippen molar-refractivity contribution in [1.29, 1.82) is 0 Å². The molecule has 0 aliphatic carbocycles. The fraction of sp³-hybridized carbons (Fsp3) is 0.625. The number of hydrogen-bond donors (Lipinski definition) is 0. The Kier molecular flexibility index (Phi) is 15.4. The molecule has 0 aromatic carbocycles. The van der Waals surface area contributed by atoms with Crippen molar-refractivity contribution in [3.05, 3.63) is 34.9 Å². The van der Waals surface area contributed by atoms with E-state index >= 15 is 0 Å². The summed E-state index contributed by atoms with van der Waals surface area (Å²) in [6.07, 6.45) is 2.70. The number of carbonyl (C=O) groups excluding carboxylic acids is 3. The van der Waals surface area contributed by atoms with Gasteiger partial charge >= 0.3 is 25.7 Å². The van der Waals surface area contributed by atoms with Crippen LogP contribution in [0, 0.1) is 0 Å². The fourth-order valence-electron chi connectivity index (χ4n) is 2.58. The Balaban J connectivity index is 5.59. The van der Waals surface area contributed by atoms with Crippen LogP contribution in [0.2, 0.25) is 0 Å². The van der Waals surface area contributed by atoms with E-state index in [0.717, 1.165) is 0 Å². The SMILES string of the molecule is CC/C=C(\C)C(=O)OC(C)OP(=O)(OC(C)OC(=O)/C(C)=C/CC)OC(C)OC(=O)/C(C)=C/CC. The Morgan fingerprint density at radius 3 is 1.03 bits per heavy atom. The molecule has 0 aromatic heterocycles. The molecule has 0 rings (SSSR count). The van der Waals surface area contributed by atoms with Gasteiger partial charge in [-0.25, -0.2) is 32.5 Å². The second kappa shape index (κ2) is 16.4. The minimum Gasteiger partial charge on any atom is -0.432 e. The molecule has 0 aliphatic heterocycles. The number of esters is 3. The third-order valence-corrected chi connectivity index (χ3v) is 5.81. The lowest BCUT2D eigenvalue weighted by Crippen LogP contribution is -2.25. The van der Waals surface area contributed by atoms with Gasteiger partial charge < -0.3 is 14.2 Å². The summed E-state index contributed by atoms with van der Waals surface area (Å²) in [5.74, 6) is -2.07. The van der Waals surface area contributed by atoms with Gasteiger partial charge in [0.05, 0.1) is 0 Å². The molecule has 0 saturated heterocycles. The zero-order valence-corrected chi connectivity index (χ0v) is 23.0. The quantitative estimate of drug-likeness (QED) is 0.0853. The molecule has 0 fully saturated rings. The van der Waals surface area contributed by atoms with Crippen molar-refractivity contribution in [3.8, 4) is 0 Å². The molecular formula is C24H39O10P. The van der Waals surface area contributed by atoms with Gasteiger partial charge in [-0.1, -0.05) is 39.0 Å². The molecule has 35 heavy (non-hydrogen) atoms. The smallest absolute Gasteiger partial charge is 0.432 e. The first kappa shape index (κ1) is 32.7.